The van der Waals surface area contributed by atoms with Crippen molar-refractivity contribution in [2.75, 3.05) is 6.61 Å². The van der Waals surface area contributed by atoms with Gasteiger partial charge < -0.3 is 11.3 Å². The minimum Gasteiger partial charge on any atom is -1.00 e. The summed E-state index contributed by atoms with van der Waals surface area (Å²) in [5.41, 5.74) is 1.57. The molecule has 1 N–H and O–H groups in total. The summed E-state index contributed by atoms with van der Waals surface area (Å²) in [6, 6.07) is 7.81. The van der Waals surface area contributed by atoms with E-state index in [0.717, 1.165) is 17.9 Å². The SMILES string of the molecule is CC#C[C@@H](CC(=O)O)c1ccc(OCC2CCCC3(CCCC3)C2)cc1.[H-].[Na+]. The van der Waals surface area contributed by atoms with Gasteiger partial charge in [0, 0.05) is 0 Å². The maximum Gasteiger partial charge on any atom is 1.00 e. The van der Waals surface area contributed by atoms with Gasteiger partial charge in [0.2, 0.25) is 0 Å². The van der Waals surface area contributed by atoms with E-state index in [9.17, 15) is 4.79 Å². The van der Waals surface area contributed by atoms with Gasteiger partial charge in [0.15, 0.2) is 0 Å². The molecular weight excluding hydrogens is 347 g/mol. The predicted octanol–water partition coefficient (Wildman–Crippen LogP) is 2.51. The van der Waals surface area contributed by atoms with E-state index in [1.54, 1.807) is 6.92 Å². The summed E-state index contributed by atoms with van der Waals surface area (Å²) in [5.74, 6) is 6.29. The van der Waals surface area contributed by atoms with E-state index in [2.05, 4.69) is 11.8 Å². The van der Waals surface area contributed by atoms with E-state index in [1.165, 1.54) is 51.4 Å². The Kier molecular flexibility index (Phi) is 8.73. The zero-order chi connectivity index (χ0) is 18.4. The molecule has 1 aromatic rings. The molecule has 1 aromatic carbocycles. The maximum atomic E-state index is 11.0. The van der Waals surface area contributed by atoms with Crippen molar-refractivity contribution in [2.45, 2.75) is 70.6 Å². The van der Waals surface area contributed by atoms with E-state index in [4.69, 9.17) is 9.84 Å². The Morgan fingerprint density at radius 1 is 1.26 bits per heavy atom. The zero-order valence-corrected chi connectivity index (χ0v) is 18.8. The Morgan fingerprint density at radius 2 is 1.93 bits per heavy atom. The fourth-order valence-corrected chi connectivity index (χ4v) is 4.92. The van der Waals surface area contributed by atoms with Gasteiger partial charge in [-0.15, -0.1) is 5.92 Å². The van der Waals surface area contributed by atoms with Crippen LogP contribution in [0, 0.1) is 23.2 Å². The third kappa shape index (κ3) is 6.28. The molecule has 0 bridgehead atoms. The van der Waals surface area contributed by atoms with Gasteiger partial charge in [0.25, 0.3) is 0 Å². The summed E-state index contributed by atoms with van der Waals surface area (Å²) in [5, 5.41) is 9.05. The maximum absolute atomic E-state index is 11.0. The van der Waals surface area contributed by atoms with Crippen molar-refractivity contribution in [3.8, 4) is 17.6 Å². The molecule has 0 aliphatic heterocycles. The number of hydrogen-bond donors (Lipinski definition) is 1. The van der Waals surface area contributed by atoms with Gasteiger partial charge in [0.1, 0.15) is 5.75 Å². The van der Waals surface area contributed by atoms with Crippen molar-refractivity contribution in [1.29, 1.82) is 0 Å². The first-order valence-electron chi connectivity index (χ1n) is 9.97. The topological polar surface area (TPSA) is 46.5 Å². The molecule has 2 atom stereocenters. The van der Waals surface area contributed by atoms with E-state index in [-0.39, 0.29) is 43.3 Å². The van der Waals surface area contributed by atoms with E-state index >= 15 is 0 Å². The molecule has 3 nitrogen and oxygen atoms in total. The zero-order valence-electron chi connectivity index (χ0n) is 17.8. The average Bonchev–Trinajstić information content (AvgIpc) is 3.07. The molecule has 27 heavy (non-hydrogen) atoms. The van der Waals surface area contributed by atoms with Crippen LogP contribution in [0.25, 0.3) is 0 Å². The van der Waals surface area contributed by atoms with Gasteiger partial charge >= 0.3 is 35.5 Å². The molecular formula is C23H31NaO3. The molecule has 4 heteroatoms. The fraction of sp³-hybridized carbons (Fsp3) is 0.609. The molecule has 0 heterocycles. The average molecular weight is 378 g/mol. The fourth-order valence-electron chi connectivity index (χ4n) is 4.92. The van der Waals surface area contributed by atoms with Crippen molar-refractivity contribution >= 4 is 5.97 Å². The van der Waals surface area contributed by atoms with Gasteiger partial charge in [-0.2, -0.15) is 0 Å². The normalized spacial score (nSPS) is 21.6. The van der Waals surface area contributed by atoms with Crippen LogP contribution < -0.4 is 34.3 Å². The molecule has 1 unspecified atom stereocenters. The Labute approximate surface area is 187 Å². The van der Waals surface area contributed by atoms with E-state index < -0.39 is 5.97 Å². The second-order valence-corrected chi connectivity index (χ2v) is 8.09. The Hall–Kier alpha value is -0.950. The number of carboxylic acids is 1. The van der Waals surface area contributed by atoms with Crippen molar-refractivity contribution < 1.29 is 45.6 Å². The van der Waals surface area contributed by atoms with Crippen LogP contribution >= 0.6 is 0 Å². The van der Waals surface area contributed by atoms with Gasteiger partial charge in [-0.3, -0.25) is 4.79 Å². The molecule has 2 aliphatic rings. The van der Waals surface area contributed by atoms with Crippen LogP contribution in [-0.4, -0.2) is 17.7 Å². The van der Waals surface area contributed by atoms with Crippen LogP contribution in [0.15, 0.2) is 24.3 Å². The molecule has 2 fully saturated rings. The number of carbonyl (C=O) groups is 1. The Morgan fingerprint density at radius 3 is 2.56 bits per heavy atom. The summed E-state index contributed by atoms with van der Waals surface area (Å²) in [4.78, 5) is 11.0. The summed E-state index contributed by atoms with van der Waals surface area (Å²) in [7, 11) is 0. The van der Waals surface area contributed by atoms with Gasteiger partial charge in [-0.05, 0) is 68.1 Å². The molecule has 2 aliphatic carbocycles. The predicted molar refractivity (Wildman–Crippen MR) is 104 cm³/mol. The van der Waals surface area contributed by atoms with Crippen LogP contribution in [0.1, 0.15) is 77.6 Å². The number of ether oxygens (including phenoxy) is 1. The second-order valence-electron chi connectivity index (χ2n) is 8.09. The third-order valence-electron chi connectivity index (χ3n) is 6.17. The van der Waals surface area contributed by atoms with Crippen LogP contribution in [0.4, 0.5) is 0 Å². The number of hydrogen-bond acceptors (Lipinski definition) is 2. The summed E-state index contributed by atoms with van der Waals surface area (Å²) in [6.45, 7) is 2.54. The molecule has 1 spiro atoms. The first-order valence-corrected chi connectivity index (χ1v) is 9.97. The molecule has 142 valence electrons. The monoisotopic (exact) mass is 378 g/mol. The smallest absolute Gasteiger partial charge is 1.00 e. The third-order valence-corrected chi connectivity index (χ3v) is 6.17. The molecule has 3 rings (SSSR count). The van der Waals surface area contributed by atoms with Crippen molar-refractivity contribution in [3.63, 3.8) is 0 Å². The van der Waals surface area contributed by atoms with Crippen LogP contribution in [-0.2, 0) is 4.79 Å². The minimum absolute atomic E-state index is 0. The summed E-state index contributed by atoms with van der Waals surface area (Å²) < 4.78 is 6.07. The van der Waals surface area contributed by atoms with Crippen molar-refractivity contribution in [3.05, 3.63) is 29.8 Å². The Balaban J connectivity index is 0.00000196. The number of aliphatic carboxylic acids is 1. The summed E-state index contributed by atoms with van der Waals surface area (Å²) >= 11 is 0. The van der Waals surface area contributed by atoms with Gasteiger partial charge in [-0.25, -0.2) is 0 Å². The van der Waals surface area contributed by atoms with Gasteiger partial charge in [-0.1, -0.05) is 37.3 Å². The van der Waals surface area contributed by atoms with Crippen LogP contribution in [0.3, 0.4) is 0 Å². The van der Waals surface area contributed by atoms with Gasteiger partial charge in [0.05, 0.1) is 18.9 Å². The Bertz CT molecular complexity index is 671. The largest absolute Gasteiger partial charge is 1.00 e. The second kappa shape index (κ2) is 10.6. The number of rotatable bonds is 6. The van der Waals surface area contributed by atoms with Crippen molar-refractivity contribution in [1.82, 2.24) is 0 Å². The standard InChI is InChI=1S/C23H30O3.Na.H/c1-2-6-20(15-22(24)25)19-8-10-21(11-9-19)26-17-18-7-5-14-23(16-18)12-3-4-13-23;;/h8-11,18,20H,3-5,7,12-17H2,1H3,(H,24,25);;/q;+1;-1/t18?,20-;;/m0../s1. The first-order chi connectivity index (χ1) is 12.6. The number of carboxylic acid groups (broad SMARTS) is 1. The molecule has 0 saturated heterocycles. The van der Waals surface area contributed by atoms with Crippen LogP contribution in [0.2, 0.25) is 0 Å². The van der Waals surface area contributed by atoms with E-state index in [1.807, 2.05) is 24.3 Å². The number of benzene rings is 1. The molecule has 0 radical (unpaired) electrons. The van der Waals surface area contributed by atoms with Crippen LogP contribution in [0.5, 0.6) is 5.75 Å². The minimum atomic E-state index is -0.823. The first kappa shape index (κ1) is 22.3. The quantitative estimate of drug-likeness (QED) is 0.611. The molecule has 0 amide bonds. The van der Waals surface area contributed by atoms with E-state index in [0.29, 0.717) is 11.3 Å². The molecule has 0 aromatic heterocycles. The summed E-state index contributed by atoms with van der Waals surface area (Å²) in [6.07, 6.45) is 11.1. The molecule has 2 saturated carbocycles. The van der Waals surface area contributed by atoms with Crippen molar-refractivity contribution in [2.24, 2.45) is 11.3 Å².